The molecule has 0 radical (unpaired) electrons. The molecule has 0 saturated heterocycles. The summed E-state index contributed by atoms with van der Waals surface area (Å²) in [5, 5.41) is 0. The van der Waals surface area contributed by atoms with E-state index < -0.39 is 0 Å². The number of allylic oxidation sites excluding steroid dienone is 1. The number of nitrogens with zero attached hydrogens (tertiary/aromatic N) is 1. The molecule has 0 saturated carbocycles. The maximum absolute atomic E-state index is 5.67. The van der Waals surface area contributed by atoms with Gasteiger partial charge < -0.3 is 5.73 Å². The third-order valence-corrected chi connectivity index (χ3v) is 2.07. The summed E-state index contributed by atoms with van der Waals surface area (Å²) in [5.41, 5.74) is 7.82. The molecule has 1 aromatic rings. The zero-order valence-electron chi connectivity index (χ0n) is 7.40. The van der Waals surface area contributed by atoms with E-state index in [1.54, 1.807) is 0 Å². The number of aliphatic imine (C=N–C) groups is 1. The SMILES string of the molecule is NC1=NC(c2ccccc2)=CCC1.[HH]. The van der Waals surface area contributed by atoms with Crippen LogP contribution in [-0.2, 0) is 0 Å². The largest absolute Gasteiger partial charge is 0.387 e. The highest BCUT2D eigenvalue weighted by Gasteiger charge is 2.04. The minimum Gasteiger partial charge on any atom is -0.387 e. The Kier molecular flexibility index (Phi) is 2.13. The Bertz CT molecular complexity index is 355. The molecule has 2 nitrogen and oxygen atoms in total. The average molecular weight is 174 g/mol. The maximum Gasteiger partial charge on any atom is 0.0999 e. The highest BCUT2D eigenvalue weighted by Crippen LogP contribution is 2.19. The molecule has 1 aromatic carbocycles. The van der Waals surface area contributed by atoms with Gasteiger partial charge in [-0.15, -0.1) is 0 Å². The quantitative estimate of drug-likeness (QED) is 0.697. The molecule has 1 heterocycles. The first-order valence-electron chi connectivity index (χ1n) is 4.45. The Morgan fingerprint density at radius 3 is 2.69 bits per heavy atom. The average Bonchev–Trinajstić information content (AvgIpc) is 2.19. The van der Waals surface area contributed by atoms with Crippen LogP contribution in [0.5, 0.6) is 0 Å². The molecular formula is C11H14N2. The van der Waals surface area contributed by atoms with E-state index in [0.29, 0.717) is 0 Å². The summed E-state index contributed by atoms with van der Waals surface area (Å²) in [4.78, 5) is 4.31. The molecule has 0 aromatic heterocycles. The number of benzene rings is 1. The Hall–Kier alpha value is -1.57. The molecule has 2 heteroatoms. The Morgan fingerprint density at radius 2 is 2.00 bits per heavy atom. The number of amidine groups is 1. The first-order valence-corrected chi connectivity index (χ1v) is 4.45. The van der Waals surface area contributed by atoms with Crippen molar-refractivity contribution in [3.8, 4) is 0 Å². The first-order chi connectivity index (χ1) is 6.36. The van der Waals surface area contributed by atoms with E-state index in [9.17, 15) is 0 Å². The summed E-state index contributed by atoms with van der Waals surface area (Å²) >= 11 is 0. The molecule has 0 amide bonds. The second kappa shape index (κ2) is 3.44. The monoisotopic (exact) mass is 174 g/mol. The van der Waals surface area contributed by atoms with Crippen LogP contribution in [0.25, 0.3) is 5.70 Å². The standard InChI is InChI=1S/C11H12N2.H2/c12-11-8-4-7-10(13-11)9-5-2-1-3-6-9;/h1-3,5-7H,4,8H2,(H2,12,13);1H. The van der Waals surface area contributed by atoms with Crippen LogP contribution in [0, 0.1) is 0 Å². The first kappa shape index (κ1) is 8.05. The lowest BCUT2D eigenvalue weighted by molar-refractivity contribution is 1.05. The zero-order chi connectivity index (χ0) is 9.10. The lowest BCUT2D eigenvalue weighted by atomic mass is 10.1. The summed E-state index contributed by atoms with van der Waals surface area (Å²) in [5.74, 6) is 0.737. The normalized spacial score (nSPS) is 16.3. The molecule has 68 valence electrons. The van der Waals surface area contributed by atoms with Gasteiger partial charge >= 0.3 is 0 Å². The van der Waals surface area contributed by atoms with Gasteiger partial charge in [-0.25, -0.2) is 4.99 Å². The van der Waals surface area contributed by atoms with Crippen LogP contribution in [0.2, 0.25) is 0 Å². The highest BCUT2D eigenvalue weighted by molar-refractivity contribution is 5.88. The smallest absolute Gasteiger partial charge is 0.0999 e. The van der Waals surface area contributed by atoms with Gasteiger partial charge in [-0.1, -0.05) is 36.4 Å². The fraction of sp³-hybridized carbons (Fsp3) is 0.182. The third-order valence-electron chi connectivity index (χ3n) is 2.07. The summed E-state index contributed by atoms with van der Waals surface area (Å²) in [6, 6.07) is 10.1. The molecule has 2 N–H and O–H groups in total. The van der Waals surface area contributed by atoms with Gasteiger partial charge in [0.2, 0.25) is 0 Å². The van der Waals surface area contributed by atoms with E-state index in [-0.39, 0.29) is 1.43 Å². The van der Waals surface area contributed by atoms with Crippen molar-refractivity contribution in [3.63, 3.8) is 0 Å². The minimum atomic E-state index is 0. The lowest BCUT2D eigenvalue weighted by Gasteiger charge is -2.09. The van der Waals surface area contributed by atoms with Gasteiger partial charge in [-0.05, 0) is 12.0 Å². The summed E-state index contributed by atoms with van der Waals surface area (Å²) in [6.45, 7) is 0. The summed E-state index contributed by atoms with van der Waals surface area (Å²) in [7, 11) is 0. The van der Waals surface area contributed by atoms with Crippen LogP contribution in [0.4, 0.5) is 0 Å². The molecule has 1 aliphatic rings. The van der Waals surface area contributed by atoms with Crippen molar-refractivity contribution in [1.82, 2.24) is 0 Å². The van der Waals surface area contributed by atoms with Crippen LogP contribution in [0.15, 0.2) is 41.4 Å². The van der Waals surface area contributed by atoms with E-state index in [1.165, 1.54) is 0 Å². The summed E-state index contributed by atoms with van der Waals surface area (Å²) in [6.07, 6.45) is 4.02. The summed E-state index contributed by atoms with van der Waals surface area (Å²) < 4.78 is 0. The van der Waals surface area contributed by atoms with Crippen molar-refractivity contribution >= 4 is 11.5 Å². The zero-order valence-corrected chi connectivity index (χ0v) is 7.40. The van der Waals surface area contributed by atoms with Crippen molar-refractivity contribution in [2.75, 3.05) is 0 Å². The molecule has 2 rings (SSSR count). The molecule has 1 aliphatic heterocycles. The minimum absolute atomic E-state index is 0. The van der Waals surface area contributed by atoms with Gasteiger partial charge in [-0.2, -0.15) is 0 Å². The van der Waals surface area contributed by atoms with Crippen molar-refractivity contribution in [1.29, 1.82) is 0 Å². The number of rotatable bonds is 1. The highest BCUT2D eigenvalue weighted by atomic mass is 14.9. The fourth-order valence-electron chi connectivity index (χ4n) is 1.40. The van der Waals surface area contributed by atoms with Gasteiger partial charge in [0, 0.05) is 7.85 Å². The lowest BCUT2D eigenvalue weighted by Crippen LogP contribution is -2.13. The van der Waals surface area contributed by atoms with Gasteiger partial charge in [0.25, 0.3) is 0 Å². The van der Waals surface area contributed by atoms with Crippen molar-refractivity contribution in [2.45, 2.75) is 12.8 Å². The molecule has 0 aliphatic carbocycles. The molecular weight excluding hydrogens is 160 g/mol. The van der Waals surface area contributed by atoms with E-state index in [1.807, 2.05) is 30.3 Å². The van der Waals surface area contributed by atoms with E-state index in [4.69, 9.17) is 5.73 Å². The van der Waals surface area contributed by atoms with Crippen LogP contribution in [-0.4, -0.2) is 5.84 Å². The number of nitrogens with two attached hydrogens (primary N) is 1. The predicted octanol–water partition coefficient (Wildman–Crippen LogP) is 2.42. The van der Waals surface area contributed by atoms with Crippen molar-refractivity contribution in [3.05, 3.63) is 42.0 Å². The Morgan fingerprint density at radius 1 is 1.23 bits per heavy atom. The van der Waals surface area contributed by atoms with Crippen LogP contribution in [0.1, 0.15) is 19.8 Å². The molecule has 0 bridgehead atoms. The molecule has 0 spiro atoms. The van der Waals surface area contributed by atoms with Crippen LogP contribution < -0.4 is 5.73 Å². The van der Waals surface area contributed by atoms with Gasteiger partial charge in [-0.3, -0.25) is 0 Å². The second-order valence-electron chi connectivity index (χ2n) is 3.10. The van der Waals surface area contributed by atoms with Crippen LogP contribution >= 0.6 is 0 Å². The van der Waals surface area contributed by atoms with E-state index in [0.717, 1.165) is 29.9 Å². The molecule has 0 atom stereocenters. The fourth-order valence-corrected chi connectivity index (χ4v) is 1.40. The van der Waals surface area contributed by atoms with Gasteiger partial charge in [0.1, 0.15) is 0 Å². The second-order valence-corrected chi connectivity index (χ2v) is 3.10. The van der Waals surface area contributed by atoms with Gasteiger partial charge in [0.05, 0.1) is 11.5 Å². The number of hydrogen-bond donors (Lipinski definition) is 1. The molecule has 13 heavy (non-hydrogen) atoms. The predicted molar refractivity (Wildman–Crippen MR) is 57.4 cm³/mol. The van der Waals surface area contributed by atoms with E-state index >= 15 is 0 Å². The Labute approximate surface area is 79.3 Å². The van der Waals surface area contributed by atoms with E-state index in [2.05, 4.69) is 11.1 Å². The molecule has 0 unspecified atom stereocenters. The molecule has 0 fully saturated rings. The van der Waals surface area contributed by atoms with Gasteiger partial charge in [0.15, 0.2) is 0 Å². The van der Waals surface area contributed by atoms with Crippen molar-refractivity contribution < 1.29 is 1.43 Å². The maximum atomic E-state index is 5.67. The third kappa shape index (κ3) is 1.78. The topological polar surface area (TPSA) is 38.4 Å². The number of hydrogen-bond acceptors (Lipinski definition) is 2. The van der Waals surface area contributed by atoms with Crippen molar-refractivity contribution in [2.24, 2.45) is 10.7 Å². The Balaban J connectivity index is 0.000000980. The van der Waals surface area contributed by atoms with Crippen LogP contribution in [0.3, 0.4) is 0 Å².